The molecule has 148 valence electrons. The Morgan fingerprint density at radius 1 is 1.54 bits per heavy atom. The van der Waals surface area contributed by atoms with Crippen molar-refractivity contribution in [3.63, 3.8) is 0 Å². The van der Waals surface area contributed by atoms with Crippen LogP contribution in [0.3, 0.4) is 0 Å². The van der Waals surface area contributed by atoms with Crippen LogP contribution in [0, 0.1) is 11.3 Å². The molecule has 1 saturated heterocycles. The van der Waals surface area contributed by atoms with Crippen molar-refractivity contribution in [2.24, 2.45) is 4.99 Å². The Labute approximate surface area is 166 Å². The summed E-state index contributed by atoms with van der Waals surface area (Å²) in [6.45, 7) is 5.01. The first kappa shape index (κ1) is 20.2. The second-order valence-corrected chi connectivity index (χ2v) is 9.80. The van der Waals surface area contributed by atoms with Crippen LogP contribution in [0.1, 0.15) is 31.2 Å². The zero-order valence-electron chi connectivity index (χ0n) is 16.1. The summed E-state index contributed by atoms with van der Waals surface area (Å²) in [6.07, 6.45) is 9.32. The maximum Gasteiger partial charge on any atom is 0.310 e. The fourth-order valence-electron chi connectivity index (χ4n) is 3.74. The van der Waals surface area contributed by atoms with Gasteiger partial charge in [-0.25, -0.2) is 8.87 Å². The van der Waals surface area contributed by atoms with Crippen molar-refractivity contribution in [2.75, 3.05) is 31.2 Å². The summed E-state index contributed by atoms with van der Waals surface area (Å²) < 4.78 is 25.0. The second-order valence-electron chi connectivity index (χ2n) is 7.46. The van der Waals surface area contributed by atoms with Crippen LogP contribution in [0.2, 0.25) is 0 Å². The number of hydrogen-bond acceptors (Lipinski definition) is 6. The van der Waals surface area contributed by atoms with Crippen LogP contribution in [0.15, 0.2) is 42.1 Å². The van der Waals surface area contributed by atoms with Crippen molar-refractivity contribution in [3.8, 4) is 6.07 Å². The van der Waals surface area contributed by atoms with Crippen LogP contribution in [0.4, 0.5) is 5.82 Å². The molecular weight excluding hydrogens is 374 g/mol. The average molecular weight is 401 g/mol. The molecule has 8 heteroatoms. The molecule has 1 aromatic rings. The van der Waals surface area contributed by atoms with E-state index in [1.54, 1.807) is 19.3 Å². The van der Waals surface area contributed by atoms with Crippen molar-refractivity contribution in [1.29, 1.82) is 5.26 Å². The zero-order chi connectivity index (χ0) is 20.2. The molecule has 0 amide bonds. The largest absolute Gasteiger partial charge is 0.361 e. The highest BCUT2D eigenvalue weighted by molar-refractivity contribution is 7.86. The van der Waals surface area contributed by atoms with Gasteiger partial charge in [0.2, 0.25) is 0 Å². The number of allylic oxidation sites excluding steroid dienone is 2. The maximum absolute atomic E-state index is 12.5. The summed E-state index contributed by atoms with van der Waals surface area (Å²) in [7, 11) is -1.84. The highest BCUT2D eigenvalue weighted by atomic mass is 32.2. The third-order valence-corrected chi connectivity index (χ3v) is 7.49. The first-order valence-corrected chi connectivity index (χ1v) is 11.0. The van der Waals surface area contributed by atoms with Crippen LogP contribution >= 0.6 is 0 Å². The first-order valence-electron chi connectivity index (χ1n) is 9.44. The molecular formula is C20H26N5O2S+. The lowest BCUT2D eigenvalue weighted by molar-refractivity contribution is -0.791. The van der Waals surface area contributed by atoms with Gasteiger partial charge >= 0.3 is 10.0 Å². The van der Waals surface area contributed by atoms with Gasteiger partial charge in [0, 0.05) is 17.5 Å². The monoisotopic (exact) mass is 400 g/mol. The van der Waals surface area contributed by atoms with E-state index in [0.717, 1.165) is 37.0 Å². The summed E-state index contributed by atoms with van der Waals surface area (Å²) in [4.78, 5) is 9.06. The summed E-state index contributed by atoms with van der Waals surface area (Å²) in [5, 5.41) is 12.3. The van der Waals surface area contributed by atoms with E-state index in [1.165, 1.54) is 0 Å². The summed E-state index contributed by atoms with van der Waals surface area (Å²) >= 11 is 0. The Kier molecular flexibility index (Phi) is 5.96. The predicted octanol–water partition coefficient (Wildman–Crippen LogP) is 2.72. The van der Waals surface area contributed by atoms with E-state index in [1.807, 2.05) is 18.2 Å². The Bertz CT molecular complexity index is 961. The molecule has 2 heterocycles. The molecule has 1 N–H and O–H groups in total. The minimum atomic E-state index is -3.53. The Morgan fingerprint density at radius 2 is 2.36 bits per heavy atom. The third kappa shape index (κ3) is 4.32. The molecule has 2 atom stereocenters. The highest BCUT2D eigenvalue weighted by Gasteiger charge is 2.42. The fourth-order valence-corrected chi connectivity index (χ4v) is 5.03. The smallest absolute Gasteiger partial charge is 0.310 e. The summed E-state index contributed by atoms with van der Waals surface area (Å²) in [5.41, 5.74) is 2.46. The van der Waals surface area contributed by atoms with Gasteiger partial charge in [-0.05, 0) is 43.9 Å². The molecule has 3 rings (SSSR count). The van der Waals surface area contributed by atoms with Crippen LogP contribution in [-0.2, 0) is 10.0 Å². The number of pyridine rings is 1. The molecule has 0 radical (unpaired) electrons. The van der Waals surface area contributed by atoms with E-state index in [4.69, 9.17) is 5.26 Å². The molecule has 0 bridgehead atoms. The molecule has 0 aromatic carbocycles. The Balaban J connectivity index is 1.79. The molecule has 2 aliphatic rings. The van der Waals surface area contributed by atoms with Gasteiger partial charge in [-0.1, -0.05) is 12.7 Å². The van der Waals surface area contributed by atoms with Crippen LogP contribution in [-0.4, -0.2) is 54.9 Å². The standard InChI is InChI=1S/C20H26N5O2S/c1-16(23-17-7-3-4-8-17)19-10-5-12-22-20(19)24-18-9-6-13-25(2,15-18)28(26,27)14-11-21/h3,5,7,10,12,18H,1,4,6,8-9,13-15H2,2H3,(H,22,24)/q+1. The number of hydrogen-bond donors (Lipinski definition) is 1. The van der Waals surface area contributed by atoms with Crippen molar-refractivity contribution >= 4 is 27.2 Å². The van der Waals surface area contributed by atoms with Crippen LogP contribution in [0.25, 0.3) is 5.70 Å². The van der Waals surface area contributed by atoms with Gasteiger partial charge in [-0.3, -0.25) is 4.99 Å². The van der Waals surface area contributed by atoms with E-state index in [0.29, 0.717) is 24.6 Å². The first-order chi connectivity index (χ1) is 13.3. The summed E-state index contributed by atoms with van der Waals surface area (Å²) in [6, 6.07) is 5.49. The van der Waals surface area contributed by atoms with Crippen LogP contribution < -0.4 is 5.32 Å². The molecule has 7 nitrogen and oxygen atoms in total. The molecule has 2 unspecified atom stereocenters. The fraction of sp³-hybridized carbons (Fsp3) is 0.450. The van der Waals surface area contributed by atoms with Gasteiger partial charge in [0.1, 0.15) is 12.4 Å². The number of likely N-dealkylation sites (tertiary alicyclic amines) is 1. The topological polar surface area (TPSA) is 95.2 Å². The van der Waals surface area contributed by atoms with Crippen LogP contribution in [0.5, 0.6) is 0 Å². The van der Waals surface area contributed by atoms with Gasteiger partial charge in [0.05, 0.1) is 31.4 Å². The highest BCUT2D eigenvalue weighted by Crippen LogP contribution is 2.27. The number of aromatic nitrogens is 1. The lowest BCUT2D eigenvalue weighted by Crippen LogP contribution is -2.58. The SMILES string of the molecule is C=C(N=C1C=CCC1)c1cccnc1NC1CCC[N+](C)(S(=O)(=O)CC#N)C1. The number of nitrogens with zero attached hydrogens (tertiary/aromatic N) is 4. The quantitative estimate of drug-likeness (QED) is 0.741. The molecule has 0 saturated carbocycles. The molecule has 1 aliphatic heterocycles. The lowest BCUT2D eigenvalue weighted by Gasteiger charge is -2.39. The van der Waals surface area contributed by atoms with E-state index in [2.05, 4.69) is 27.9 Å². The Hall–Kier alpha value is -2.50. The number of nitrogens with one attached hydrogen (secondary N) is 1. The number of nitriles is 1. The number of rotatable bonds is 6. The van der Waals surface area contributed by atoms with Gasteiger partial charge in [-0.2, -0.15) is 13.7 Å². The van der Waals surface area contributed by atoms with Gasteiger partial charge in [0.15, 0.2) is 5.75 Å². The minimum Gasteiger partial charge on any atom is -0.361 e. The van der Waals surface area contributed by atoms with Crippen molar-refractivity contribution in [1.82, 2.24) is 4.98 Å². The van der Waals surface area contributed by atoms with Gasteiger partial charge in [0.25, 0.3) is 0 Å². The number of quaternary nitrogens is 1. The predicted molar refractivity (Wildman–Crippen MR) is 111 cm³/mol. The molecule has 1 fully saturated rings. The second kappa shape index (κ2) is 8.25. The van der Waals surface area contributed by atoms with Gasteiger partial charge < -0.3 is 5.32 Å². The van der Waals surface area contributed by atoms with Crippen molar-refractivity contribution < 1.29 is 12.3 Å². The van der Waals surface area contributed by atoms with E-state index >= 15 is 0 Å². The normalized spacial score (nSPS) is 26.1. The molecule has 28 heavy (non-hydrogen) atoms. The number of anilines is 1. The zero-order valence-corrected chi connectivity index (χ0v) is 17.0. The number of likely N-dealkylation sites (N-methyl/N-ethyl adjacent to an activating group) is 1. The van der Waals surface area contributed by atoms with Crippen molar-refractivity contribution in [2.45, 2.75) is 31.7 Å². The summed E-state index contributed by atoms with van der Waals surface area (Å²) in [5.74, 6) is 0.197. The molecule has 1 aliphatic carbocycles. The van der Waals surface area contributed by atoms with Crippen molar-refractivity contribution in [3.05, 3.63) is 42.6 Å². The number of sulfonamides is 1. The van der Waals surface area contributed by atoms with E-state index in [-0.39, 0.29) is 9.93 Å². The maximum atomic E-state index is 12.5. The van der Waals surface area contributed by atoms with E-state index < -0.39 is 15.8 Å². The van der Waals surface area contributed by atoms with E-state index in [9.17, 15) is 8.42 Å². The third-order valence-electron chi connectivity index (χ3n) is 5.32. The number of piperidine rings is 1. The number of aliphatic imine (C=N–C) groups is 1. The van der Waals surface area contributed by atoms with Gasteiger partial charge in [-0.15, -0.1) is 0 Å². The Morgan fingerprint density at radius 3 is 3.07 bits per heavy atom. The minimum absolute atomic E-state index is 0.0623. The lowest BCUT2D eigenvalue weighted by atomic mass is 10.1. The molecule has 1 aromatic heterocycles. The average Bonchev–Trinajstić information content (AvgIpc) is 3.15. The molecule has 0 spiro atoms.